The van der Waals surface area contributed by atoms with Gasteiger partial charge < -0.3 is 10.2 Å². The van der Waals surface area contributed by atoms with Gasteiger partial charge in [0.2, 0.25) is 0 Å². The average Bonchev–Trinajstić information content (AvgIpc) is 2.63. The van der Waals surface area contributed by atoms with E-state index in [4.69, 9.17) is 0 Å². The molecule has 1 N–H and O–H groups in total. The first-order chi connectivity index (χ1) is 11.6. The predicted octanol–water partition coefficient (Wildman–Crippen LogP) is 4.13. The Kier molecular flexibility index (Phi) is 4.94. The SMILES string of the molecule is Cc1ccc(CNC(=O)N2CC=C(c3ccccc3)CC2)cc1F. The molecule has 3 nitrogen and oxygen atoms in total. The van der Waals surface area contributed by atoms with Gasteiger partial charge in [-0.25, -0.2) is 9.18 Å². The van der Waals surface area contributed by atoms with Crippen LogP contribution in [-0.4, -0.2) is 24.0 Å². The number of aryl methyl sites for hydroxylation is 1. The number of carbonyl (C=O) groups is 1. The number of nitrogens with zero attached hydrogens (tertiary/aromatic N) is 1. The summed E-state index contributed by atoms with van der Waals surface area (Å²) in [5, 5.41) is 2.86. The molecule has 0 saturated carbocycles. The fourth-order valence-electron chi connectivity index (χ4n) is 2.80. The van der Waals surface area contributed by atoms with E-state index < -0.39 is 0 Å². The van der Waals surface area contributed by atoms with E-state index in [0.29, 0.717) is 25.2 Å². The summed E-state index contributed by atoms with van der Waals surface area (Å²) < 4.78 is 13.5. The Morgan fingerprint density at radius 3 is 2.67 bits per heavy atom. The summed E-state index contributed by atoms with van der Waals surface area (Å²) in [4.78, 5) is 14.0. The summed E-state index contributed by atoms with van der Waals surface area (Å²) in [5.74, 6) is -0.241. The lowest BCUT2D eigenvalue weighted by Gasteiger charge is -2.27. The van der Waals surface area contributed by atoms with E-state index in [9.17, 15) is 9.18 Å². The van der Waals surface area contributed by atoms with Gasteiger partial charge in [-0.3, -0.25) is 0 Å². The summed E-state index contributed by atoms with van der Waals surface area (Å²) in [6, 6.07) is 15.2. The Balaban J connectivity index is 1.55. The number of hydrogen-bond donors (Lipinski definition) is 1. The van der Waals surface area contributed by atoms with Crippen LogP contribution in [0.5, 0.6) is 0 Å². The summed E-state index contributed by atoms with van der Waals surface area (Å²) in [6.07, 6.45) is 2.94. The molecule has 1 aliphatic heterocycles. The Morgan fingerprint density at radius 2 is 2.00 bits per heavy atom. The van der Waals surface area contributed by atoms with Crippen LogP contribution in [0.15, 0.2) is 54.6 Å². The van der Waals surface area contributed by atoms with Gasteiger partial charge in [-0.2, -0.15) is 0 Å². The third-order valence-corrected chi connectivity index (χ3v) is 4.32. The van der Waals surface area contributed by atoms with Gasteiger partial charge in [0.1, 0.15) is 5.82 Å². The molecule has 0 bridgehead atoms. The van der Waals surface area contributed by atoms with E-state index in [1.54, 1.807) is 17.9 Å². The fourth-order valence-corrected chi connectivity index (χ4v) is 2.80. The van der Waals surface area contributed by atoms with Crippen molar-refractivity contribution in [1.82, 2.24) is 10.2 Å². The zero-order valence-corrected chi connectivity index (χ0v) is 13.8. The number of carbonyl (C=O) groups excluding carboxylic acids is 1. The molecule has 24 heavy (non-hydrogen) atoms. The largest absolute Gasteiger partial charge is 0.334 e. The summed E-state index contributed by atoms with van der Waals surface area (Å²) in [5.41, 5.74) is 3.87. The van der Waals surface area contributed by atoms with Crippen LogP contribution in [0.4, 0.5) is 9.18 Å². The Morgan fingerprint density at radius 1 is 1.21 bits per heavy atom. The molecular formula is C20H21FN2O. The van der Waals surface area contributed by atoms with Crippen molar-refractivity contribution in [3.63, 3.8) is 0 Å². The number of nitrogens with one attached hydrogen (secondary N) is 1. The highest BCUT2D eigenvalue weighted by Crippen LogP contribution is 2.22. The maximum atomic E-state index is 13.5. The molecule has 2 aromatic rings. The summed E-state index contributed by atoms with van der Waals surface area (Å²) in [7, 11) is 0. The molecule has 0 spiro atoms. The molecule has 2 amide bonds. The second kappa shape index (κ2) is 7.30. The third kappa shape index (κ3) is 3.82. The molecule has 0 atom stereocenters. The molecule has 0 radical (unpaired) electrons. The highest BCUT2D eigenvalue weighted by atomic mass is 19.1. The van der Waals surface area contributed by atoms with Crippen LogP contribution < -0.4 is 5.32 Å². The van der Waals surface area contributed by atoms with Gasteiger partial charge in [0.15, 0.2) is 0 Å². The van der Waals surface area contributed by atoms with Crippen molar-refractivity contribution in [3.05, 3.63) is 77.1 Å². The standard InChI is InChI=1S/C20H21FN2O/c1-15-7-8-16(13-19(15)21)14-22-20(24)23-11-9-18(10-12-23)17-5-3-2-4-6-17/h2-9,13H,10-12,14H2,1H3,(H,22,24). The lowest BCUT2D eigenvalue weighted by atomic mass is 10.00. The van der Waals surface area contributed by atoms with E-state index in [-0.39, 0.29) is 11.8 Å². The normalized spacial score (nSPS) is 14.2. The zero-order valence-electron chi connectivity index (χ0n) is 13.8. The van der Waals surface area contributed by atoms with Crippen LogP contribution in [0, 0.1) is 12.7 Å². The molecule has 1 aliphatic rings. The first-order valence-corrected chi connectivity index (χ1v) is 8.16. The van der Waals surface area contributed by atoms with E-state index >= 15 is 0 Å². The number of amides is 2. The molecule has 2 aromatic carbocycles. The lowest BCUT2D eigenvalue weighted by Crippen LogP contribution is -2.41. The van der Waals surface area contributed by atoms with Crippen molar-refractivity contribution in [3.8, 4) is 0 Å². The third-order valence-electron chi connectivity index (χ3n) is 4.32. The fraction of sp³-hybridized carbons (Fsp3) is 0.250. The van der Waals surface area contributed by atoms with E-state index in [0.717, 1.165) is 12.0 Å². The molecule has 0 fully saturated rings. The summed E-state index contributed by atoms with van der Waals surface area (Å²) in [6.45, 7) is 3.34. The van der Waals surface area contributed by atoms with Crippen LogP contribution in [0.3, 0.4) is 0 Å². The molecule has 3 rings (SSSR count). The van der Waals surface area contributed by atoms with Gasteiger partial charge in [0.05, 0.1) is 0 Å². The Labute approximate surface area is 141 Å². The smallest absolute Gasteiger partial charge is 0.317 e. The minimum absolute atomic E-state index is 0.112. The van der Waals surface area contributed by atoms with Gasteiger partial charge in [-0.1, -0.05) is 48.5 Å². The molecule has 4 heteroatoms. The van der Waals surface area contributed by atoms with E-state index in [2.05, 4.69) is 23.5 Å². The first kappa shape index (κ1) is 16.2. The summed E-state index contributed by atoms with van der Waals surface area (Å²) >= 11 is 0. The van der Waals surface area contributed by atoms with E-state index in [1.165, 1.54) is 17.2 Å². The number of benzene rings is 2. The Hall–Kier alpha value is -2.62. The van der Waals surface area contributed by atoms with Crippen molar-refractivity contribution < 1.29 is 9.18 Å². The minimum Gasteiger partial charge on any atom is -0.334 e. The second-order valence-corrected chi connectivity index (χ2v) is 6.03. The van der Waals surface area contributed by atoms with Crippen LogP contribution in [0.2, 0.25) is 0 Å². The zero-order chi connectivity index (χ0) is 16.9. The predicted molar refractivity (Wildman–Crippen MR) is 94.0 cm³/mol. The van der Waals surface area contributed by atoms with Gasteiger partial charge in [-0.15, -0.1) is 0 Å². The molecule has 124 valence electrons. The lowest BCUT2D eigenvalue weighted by molar-refractivity contribution is 0.202. The first-order valence-electron chi connectivity index (χ1n) is 8.16. The maximum Gasteiger partial charge on any atom is 0.317 e. The van der Waals surface area contributed by atoms with Crippen LogP contribution >= 0.6 is 0 Å². The second-order valence-electron chi connectivity index (χ2n) is 6.03. The molecule has 1 heterocycles. The quantitative estimate of drug-likeness (QED) is 0.904. The number of halogens is 1. The number of urea groups is 1. The van der Waals surface area contributed by atoms with Crippen molar-refractivity contribution in [2.75, 3.05) is 13.1 Å². The van der Waals surface area contributed by atoms with Gasteiger partial charge in [-0.05, 0) is 41.7 Å². The molecule has 0 aromatic heterocycles. The van der Waals surface area contributed by atoms with Crippen molar-refractivity contribution in [1.29, 1.82) is 0 Å². The average molecular weight is 324 g/mol. The number of rotatable bonds is 3. The van der Waals surface area contributed by atoms with Crippen molar-refractivity contribution >= 4 is 11.6 Å². The molecular weight excluding hydrogens is 303 g/mol. The van der Waals surface area contributed by atoms with E-state index in [1.807, 2.05) is 24.3 Å². The maximum absolute atomic E-state index is 13.5. The van der Waals surface area contributed by atoms with Crippen LogP contribution in [-0.2, 0) is 6.54 Å². The minimum atomic E-state index is -0.241. The van der Waals surface area contributed by atoms with Crippen molar-refractivity contribution in [2.24, 2.45) is 0 Å². The monoisotopic (exact) mass is 324 g/mol. The highest BCUT2D eigenvalue weighted by molar-refractivity contribution is 5.76. The Bertz CT molecular complexity index is 755. The molecule has 0 unspecified atom stereocenters. The topological polar surface area (TPSA) is 32.3 Å². The van der Waals surface area contributed by atoms with Crippen LogP contribution in [0.25, 0.3) is 5.57 Å². The highest BCUT2D eigenvalue weighted by Gasteiger charge is 2.17. The number of hydrogen-bond acceptors (Lipinski definition) is 1. The van der Waals surface area contributed by atoms with Crippen LogP contribution in [0.1, 0.15) is 23.1 Å². The van der Waals surface area contributed by atoms with Gasteiger partial charge in [0.25, 0.3) is 0 Å². The van der Waals surface area contributed by atoms with Gasteiger partial charge >= 0.3 is 6.03 Å². The molecule has 0 saturated heterocycles. The van der Waals surface area contributed by atoms with Gasteiger partial charge in [0, 0.05) is 19.6 Å². The van der Waals surface area contributed by atoms with Crippen molar-refractivity contribution in [2.45, 2.75) is 19.9 Å². The molecule has 0 aliphatic carbocycles.